The Morgan fingerprint density at radius 3 is 1.80 bits per heavy atom. The highest BCUT2D eigenvalue weighted by Crippen LogP contribution is 2.30. The number of carbonyl (C=O) groups excluding carboxylic acids is 3. The van der Waals surface area contributed by atoms with Crippen molar-refractivity contribution in [1.29, 1.82) is 0 Å². The van der Waals surface area contributed by atoms with Gasteiger partial charge in [0.25, 0.3) is 0 Å². The molecule has 0 saturated carbocycles. The summed E-state index contributed by atoms with van der Waals surface area (Å²) in [7, 11) is 0. The number of hydrogen-bond donors (Lipinski definition) is 1. The highest BCUT2D eigenvalue weighted by atomic mass is 19.1. The summed E-state index contributed by atoms with van der Waals surface area (Å²) in [6, 6.07) is 0. The lowest BCUT2D eigenvalue weighted by Gasteiger charge is -2.24. The zero-order valence-corrected chi connectivity index (χ0v) is 31.0. The molecule has 0 aromatic carbocycles. The number of unbranched alkanes of at least 4 members (excludes halogenated alkanes) is 18. The summed E-state index contributed by atoms with van der Waals surface area (Å²) < 4.78 is 38.3. The number of carbonyl (C=O) groups is 3. The average molecular weight is 712 g/mol. The number of halogens is 1. The van der Waals surface area contributed by atoms with Gasteiger partial charge in [-0.3, -0.25) is 19.5 Å². The quantitative estimate of drug-likeness (QED) is 0.0512. The van der Waals surface area contributed by atoms with Crippen molar-refractivity contribution in [2.75, 3.05) is 18.5 Å². The highest BCUT2D eigenvalue weighted by molar-refractivity contribution is 5.83. The van der Waals surface area contributed by atoms with E-state index in [-0.39, 0.29) is 27.5 Å². The molecular formula is C38H66FN3O8. The van der Waals surface area contributed by atoms with Gasteiger partial charge in [0.15, 0.2) is 30.1 Å². The molecule has 2 heterocycles. The van der Waals surface area contributed by atoms with Gasteiger partial charge in [0.2, 0.25) is 0 Å². The van der Waals surface area contributed by atoms with Gasteiger partial charge in [-0.2, -0.15) is 4.98 Å². The molecule has 0 radical (unpaired) electrons. The Morgan fingerprint density at radius 1 is 0.780 bits per heavy atom. The van der Waals surface area contributed by atoms with Gasteiger partial charge in [0.1, 0.15) is 0 Å². The monoisotopic (exact) mass is 711 g/mol. The smallest absolute Gasteiger partial charge is 0.412 e. The number of nitrogens with zero attached hydrogens (tertiary/aromatic N) is 2. The van der Waals surface area contributed by atoms with E-state index in [0.29, 0.717) is 19.3 Å². The first kappa shape index (κ1) is 43.1. The van der Waals surface area contributed by atoms with Crippen molar-refractivity contribution >= 4 is 23.8 Å². The van der Waals surface area contributed by atoms with Crippen LogP contribution in [0.4, 0.5) is 15.0 Å². The second-order valence-corrected chi connectivity index (χ2v) is 13.5. The van der Waals surface area contributed by atoms with Crippen molar-refractivity contribution in [1.82, 2.24) is 9.55 Å². The van der Waals surface area contributed by atoms with Crippen LogP contribution in [-0.4, -0.2) is 53.0 Å². The second kappa shape index (κ2) is 26.7. The molecule has 0 aliphatic carbocycles. The maximum Gasteiger partial charge on any atom is 0.412 e. The minimum absolute atomic E-state index is 0. The maximum absolute atomic E-state index is 15.1. The Morgan fingerprint density at radius 2 is 1.26 bits per heavy atom. The van der Waals surface area contributed by atoms with Crippen LogP contribution in [0.15, 0.2) is 11.0 Å². The van der Waals surface area contributed by atoms with Gasteiger partial charge in [-0.05, 0) is 19.3 Å². The van der Waals surface area contributed by atoms with Crippen LogP contribution in [-0.2, 0) is 28.5 Å². The first-order valence-electron chi connectivity index (χ1n) is 19.5. The molecule has 0 bridgehead atoms. The van der Waals surface area contributed by atoms with Gasteiger partial charge < -0.3 is 18.9 Å². The highest BCUT2D eigenvalue weighted by Gasteiger charge is 2.44. The third-order valence-corrected chi connectivity index (χ3v) is 8.98. The lowest BCUT2D eigenvalue weighted by Crippen LogP contribution is -2.40. The molecule has 11 nitrogen and oxygen atoms in total. The van der Waals surface area contributed by atoms with E-state index < -0.39 is 53.8 Å². The van der Waals surface area contributed by atoms with Gasteiger partial charge >= 0.3 is 23.7 Å². The van der Waals surface area contributed by atoms with E-state index in [1.807, 2.05) is 6.92 Å². The van der Waals surface area contributed by atoms with Crippen molar-refractivity contribution in [3.8, 4) is 0 Å². The summed E-state index contributed by atoms with van der Waals surface area (Å²) in [6.07, 6.45) is 19.1. The predicted octanol–water partition coefficient (Wildman–Crippen LogP) is 9.56. The fourth-order valence-electron chi connectivity index (χ4n) is 6.00. The molecule has 1 aliphatic heterocycles. The molecule has 1 amide bonds. The number of rotatable bonds is 28. The van der Waals surface area contributed by atoms with Gasteiger partial charge in [-0.25, -0.2) is 14.0 Å². The van der Waals surface area contributed by atoms with Crippen LogP contribution in [0.25, 0.3) is 0 Å². The maximum atomic E-state index is 15.1. The van der Waals surface area contributed by atoms with E-state index in [2.05, 4.69) is 24.1 Å². The molecule has 1 N–H and O–H groups in total. The molecule has 1 aromatic rings. The molecule has 1 saturated heterocycles. The van der Waals surface area contributed by atoms with Crippen LogP contribution in [0.5, 0.6) is 0 Å². The first-order chi connectivity index (χ1) is 24.3. The molecule has 2 rings (SSSR count). The van der Waals surface area contributed by atoms with Crippen molar-refractivity contribution in [2.24, 2.45) is 0 Å². The Hall–Kier alpha value is -3.02. The van der Waals surface area contributed by atoms with Crippen LogP contribution in [0.3, 0.4) is 0 Å². The van der Waals surface area contributed by atoms with Gasteiger partial charge in [0, 0.05) is 14.3 Å². The SMILES string of the molecule is CCCCCCCCCCCC(=O)O[C@H]1[C@H](n2cc(F)c(NC(=O)OCCCCC)nc2=O)OC[C@H]1OC(=O)CCCCCCCCCCC.[HH]. The van der Waals surface area contributed by atoms with E-state index in [1.165, 1.54) is 64.2 Å². The molecule has 0 unspecified atom stereocenters. The molecule has 50 heavy (non-hydrogen) atoms. The molecule has 1 aliphatic rings. The Labute approximate surface area is 300 Å². The van der Waals surface area contributed by atoms with Crippen LogP contribution < -0.4 is 11.0 Å². The summed E-state index contributed by atoms with van der Waals surface area (Å²) in [6.45, 7) is 6.41. The van der Waals surface area contributed by atoms with E-state index >= 15 is 4.39 Å². The minimum atomic E-state index is -1.28. The Bertz CT molecular complexity index is 1170. The molecule has 12 heteroatoms. The summed E-state index contributed by atoms with van der Waals surface area (Å²) >= 11 is 0. The summed E-state index contributed by atoms with van der Waals surface area (Å²) in [4.78, 5) is 54.6. The first-order valence-corrected chi connectivity index (χ1v) is 19.5. The largest absolute Gasteiger partial charge is 0.456 e. The van der Waals surface area contributed by atoms with Crippen molar-refractivity contribution < 1.29 is 39.1 Å². The third kappa shape index (κ3) is 17.8. The number of amides is 1. The summed E-state index contributed by atoms with van der Waals surface area (Å²) in [5.74, 6) is -2.56. The molecule has 1 aromatic heterocycles. The Kier molecular flexibility index (Phi) is 23.1. The van der Waals surface area contributed by atoms with Gasteiger partial charge in [0.05, 0.1) is 19.4 Å². The zero-order valence-electron chi connectivity index (χ0n) is 31.0. The molecule has 288 valence electrons. The normalized spacial score (nSPS) is 17.1. The van der Waals surface area contributed by atoms with Crippen LogP contribution in [0.1, 0.15) is 176 Å². The van der Waals surface area contributed by atoms with E-state index in [1.54, 1.807) is 0 Å². The standard InChI is InChI=1S/C38H64FN3O8.H2/c1-4-7-10-12-14-16-18-20-22-25-32(43)49-31-29-48-36(34(31)50-33(44)26-23-21-19-17-15-13-11-8-5-2)42-28-30(39)35(40-37(42)45)41-38(46)47-27-24-9-6-3;/h28,31,34,36H,4-27,29H2,1-3H3,(H,40,41,45,46);1H/t31-,34-,36-;/m1./s1. The van der Waals surface area contributed by atoms with Crippen molar-refractivity contribution in [2.45, 2.75) is 187 Å². The topological polar surface area (TPSA) is 135 Å². The summed E-state index contributed by atoms with van der Waals surface area (Å²) in [5, 5.41) is 2.16. The minimum Gasteiger partial charge on any atom is -0.456 e. The molecular weight excluding hydrogens is 645 g/mol. The second-order valence-electron chi connectivity index (χ2n) is 13.5. The van der Waals surface area contributed by atoms with Crippen molar-refractivity contribution in [3.05, 3.63) is 22.5 Å². The average Bonchev–Trinajstić information content (AvgIpc) is 3.47. The van der Waals surface area contributed by atoms with Crippen molar-refractivity contribution in [3.63, 3.8) is 0 Å². The van der Waals surface area contributed by atoms with E-state index in [0.717, 1.165) is 62.1 Å². The number of ether oxygens (including phenoxy) is 4. The number of nitrogens with one attached hydrogen (secondary N) is 1. The Balaban J connectivity index is 0.0000130. The lowest BCUT2D eigenvalue weighted by molar-refractivity contribution is -0.168. The summed E-state index contributed by atoms with van der Waals surface area (Å²) in [5.41, 5.74) is -0.945. The van der Waals surface area contributed by atoms with Gasteiger partial charge in [-0.1, -0.05) is 136 Å². The lowest BCUT2D eigenvalue weighted by atomic mass is 10.1. The van der Waals surface area contributed by atoms with Crippen LogP contribution in [0.2, 0.25) is 0 Å². The van der Waals surface area contributed by atoms with Gasteiger partial charge in [-0.15, -0.1) is 0 Å². The number of esters is 2. The number of anilines is 1. The fraction of sp³-hybridized carbons (Fsp3) is 0.816. The van der Waals surface area contributed by atoms with E-state index in [4.69, 9.17) is 18.9 Å². The van der Waals surface area contributed by atoms with E-state index in [9.17, 15) is 19.2 Å². The number of hydrogen-bond acceptors (Lipinski definition) is 9. The number of aromatic nitrogens is 2. The van der Waals surface area contributed by atoms with Crippen LogP contribution >= 0.6 is 0 Å². The van der Waals surface area contributed by atoms with Crippen LogP contribution in [0, 0.1) is 5.82 Å². The fourth-order valence-corrected chi connectivity index (χ4v) is 6.00. The molecule has 3 atom stereocenters. The third-order valence-electron chi connectivity index (χ3n) is 8.98. The molecule has 0 spiro atoms. The zero-order chi connectivity index (χ0) is 36.4. The predicted molar refractivity (Wildman–Crippen MR) is 194 cm³/mol. The molecule has 1 fully saturated rings.